The monoisotopic (exact) mass is 542 g/mol. The molecule has 9 nitrogen and oxygen atoms in total. The Morgan fingerprint density at radius 2 is 1.68 bits per heavy atom. The van der Waals surface area contributed by atoms with Crippen LogP contribution in [0.5, 0.6) is 0 Å². The van der Waals surface area contributed by atoms with Crippen LogP contribution in [-0.4, -0.2) is 47.1 Å². The Morgan fingerprint density at radius 1 is 1.00 bits per heavy atom. The lowest BCUT2D eigenvalue weighted by Crippen LogP contribution is -2.48. The zero-order valence-corrected chi connectivity index (χ0v) is 22.6. The summed E-state index contributed by atoms with van der Waals surface area (Å²) >= 11 is 0. The normalized spacial score (nSPS) is 21.4. The summed E-state index contributed by atoms with van der Waals surface area (Å²) in [7, 11) is 0. The minimum atomic E-state index is -0.703. The first-order valence-corrected chi connectivity index (χ1v) is 13.8. The second-order valence-corrected chi connectivity index (χ2v) is 10.8. The molecule has 4 atom stereocenters. The molecule has 1 aromatic heterocycles. The van der Waals surface area contributed by atoms with Crippen molar-refractivity contribution in [2.75, 3.05) is 13.2 Å². The van der Waals surface area contributed by atoms with Gasteiger partial charge in [-0.15, -0.1) is 0 Å². The van der Waals surface area contributed by atoms with E-state index in [2.05, 4.69) is 64.9 Å². The molecule has 6 rings (SSSR count). The van der Waals surface area contributed by atoms with Gasteiger partial charge in [-0.3, -0.25) is 14.3 Å². The summed E-state index contributed by atoms with van der Waals surface area (Å²) in [4.78, 5) is 31.5. The van der Waals surface area contributed by atoms with Gasteiger partial charge in [-0.25, -0.2) is 10.7 Å². The fourth-order valence-electron chi connectivity index (χ4n) is 6.06. The molecule has 1 aliphatic rings. The van der Waals surface area contributed by atoms with Crippen LogP contribution in [0.2, 0.25) is 0 Å². The van der Waals surface area contributed by atoms with E-state index in [9.17, 15) is 9.59 Å². The summed E-state index contributed by atoms with van der Waals surface area (Å²) in [5.41, 5.74) is 0.262. The van der Waals surface area contributed by atoms with Crippen LogP contribution in [-0.2, 0) is 20.7 Å². The van der Waals surface area contributed by atoms with Gasteiger partial charge in [0.05, 0.1) is 18.8 Å². The standard InChI is InChI=1S/C31H34N4O5/c1-18(2)39-29-24(17-38-32)40-30(35-14-12-25(36)34-31(35)37)28(29)33-13-4-5-19-15-22-10-8-20-6-3-7-21-9-11-23(16-19)27(22)26(20)21/h3,6-12,14-16,18,24,28-30,33H,4-5,13,17,32H2,1-2H3,(H,34,36,37). The number of ether oxygens (including phenoxy) is 2. The second kappa shape index (κ2) is 11.1. The van der Waals surface area contributed by atoms with Gasteiger partial charge in [-0.05, 0) is 71.1 Å². The van der Waals surface area contributed by atoms with Crippen molar-refractivity contribution in [2.24, 2.45) is 5.90 Å². The van der Waals surface area contributed by atoms with Crippen molar-refractivity contribution < 1.29 is 14.3 Å². The summed E-state index contributed by atoms with van der Waals surface area (Å²) in [6.07, 6.45) is 1.50. The molecule has 0 bridgehead atoms. The molecule has 4 aromatic carbocycles. The van der Waals surface area contributed by atoms with Crippen molar-refractivity contribution in [3.05, 3.63) is 93.3 Å². The molecule has 208 valence electrons. The van der Waals surface area contributed by atoms with Gasteiger partial charge in [-0.1, -0.05) is 54.6 Å². The predicted molar refractivity (Wildman–Crippen MR) is 156 cm³/mol. The average molecular weight is 543 g/mol. The summed E-state index contributed by atoms with van der Waals surface area (Å²) in [5, 5.41) is 11.2. The van der Waals surface area contributed by atoms with Gasteiger partial charge in [0.1, 0.15) is 12.2 Å². The second-order valence-electron chi connectivity index (χ2n) is 10.8. The fraction of sp³-hybridized carbons (Fsp3) is 0.355. The first-order valence-electron chi connectivity index (χ1n) is 13.8. The quantitative estimate of drug-likeness (QED) is 0.140. The van der Waals surface area contributed by atoms with Gasteiger partial charge < -0.3 is 19.6 Å². The highest BCUT2D eigenvalue weighted by Gasteiger charge is 2.47. The van der Waals surface area contributed by atoms with Crippen LogP contribution in [0.4, 0.5) is 0 Å². The Hall–Kier alpha value is -3.60. The molecule has 1 aliphatic heterocycles. The molecular formula is C31H34N4O5. The Morgan fingerprint density at radius 3 is 2.33 bits per heavy atom. The predicted octanol–water partition coefficient (Wildman–Crippen LogP) is 3.61. The van der Waals surface area contributed by atoms with Crippen molar-refractivity contribution in [1.82, 2.24) is 14.9 Å². The highest BCUT2D eigenvalue weighted by Crippen LogP contribution is 2.35. The maximum atomic E-state index is 12.6. The van der Waals surface area contributed by atoms with E-state index < -0.39 is 29.7 Å². The Labute approximate surface area is 231 Å². The number of nitrogens with one attached hydrogen (secondary N) is 2. The number of nitrogens with zero attached hydrogens (tertiary/aromatic N) is 1. The third-order valence-corrected chi connectivity index (χ3v) is 7.70. The first kappa shape index (κ1) is 26.6. The van der Waals surface area contributed by atoms with E-state index in [1.807, 2.05) is 13.8 Å². The van der Waals surface area contributed by atoms with Crippen LogP contribution in [0.3, 0.4) is 0 Å². The lowest BCUT2D eigenvalue weighted by molar-refractivity contribution is -0.0888. The molecule has 9 heteroatoms. The van der Waals surface area contributed by atoms with Gasteiger partial charge in [0.15, 0.2) is 6.23 Å². The number of H-pyrrole nitrogens is 1. The Kier molecular flexibility index (Phi) is 7.39. The molecule has 1 fully saturated rings. The van der Waals surface area contributed by atoms with Crippen molar-refractivity contribution in [3.63, 3.8) is 0 Å². The molecule has 5 aromatic rings. The number of hydrogen-bond donors (Lipinski definition) is 3. The number of aryl methyl sites for hydroxylation is 1. The maximum Gasteiger partial charge on any atom is 0.330 e. The van der Waals surface area contributed by atoms with Crippen molar-refractivity contribution in [3.8, 4) is 0 Å². The minimum absolute atomic E-state index is 0.0801. The number of aromatic nitrogens is 2. The number of benzene rings is 4. The average Bonchev–Trinajstić information content (AvgIpc) is 3.25. The van der Waals surface area contributed by atoms with Crippen LogP contribution >= 0.6 is 0 Å². The molecule has 40 heavy (non-hydrogen) atoms. The first-order chi connectivity index (χ1) is 19.4. The van der Waals surface area contributed by atoms with E-state index >= 15 is 0 Å². The third kappa shape index (κ3) is 5.02. The Balaban J connectivity index is 1.21. The maximum absolute atomic E-state index is 12.6. The summed E-state index contributed by atoms with van der Waals surface area (Å²) < 4.78 is 13.8. The molecule has 1 saturated heterocycles. The minimum Gasteiger partial charge on any atom is -0.371 e. The van der Waals surface area contributed by atoms with E-state index in [4.69, 9.17) is 20.2 Å². The highest BCUT2D eigenvalue weighted by molar-refractivity contribution is 6.23. The SMILES string of the molecule is CC(C)OC1C(CON)OC(n2ccc(=O)[nH]c2=O)C1NCCCc1cc2ccc3cccc4ccc(c1)c2c34. The number of aromatic amines is 1. The van der Waals surface area contributed by atoms with E-state index in [1.54, 1.807) is 0 Å². The Bertz CT molecular complexity index is 1680. The molecule has 0 amide bonds. The summed E-state index contributed by atoms with van der Waals surface area (Å²) in [5.74, 6) is 5.39. The summed E-state index contributed by atoms with van der Waals surface area (Å²) in [6, 6.07) is 20.8. The van der Waals surface area contributed by atoms with Crippen LogP contribution < -0.4 is 22.5 Å². The number of rotatable bonds is 10. The molecule has 0 saturated carbocycles. The molecule has 0 aliphatic carbocycles. The van der Waals surface area contributed by atoms with Crippen molar-refractivity contribution in [2.45, 2.75) is 57.3 Å². The number of hydrogen-bond acceptors (Lipinski definition) is 7. The molecule has 0 radical (unpaired) electrons. The zero-order valence-electron chi connectivity index (χ0n) is 22.6. The molecular weight excluding hydrogens is 508 g/mol. The highest BCUT2D eigenvalue weighted by atomic mass is 16.6. The topological polar surface area (TPSA) is 121 Å². The van der Waals surface area contributed by atoms with E-state index in [0.29, 0.717) is 6.54 Å². The molecule has 4 unspecified atom stereocenters. The van der Waals surface area contributed by atoms with Crippen LogP contribution in [0, 0.1) is 0 Å². The van der Waals surface area contributed by atoms with Gasteiger partial charge in [0, 0.05) is 12.3 Å². The third-order valence-electron chi connectivity index (χ3n) is 7.70. The van der Waals surface area contributed by atoms with E-state index in [-0.39, 0.29) is 18.8 Å². The smallest absolute Gasteiger partial charge is 0.330 e. The van der Waals surface area contributed by atoms with Crippen molar-refractivity contribution in [1.29, 1.82) is 0 Å². The van der Waals surface area contributed by atoms with Crippen molar-refractivity contribution >= 4 is 32.3 Å². The zero-order chi connectivity index (χ0) is 27.8. The molecule has 0 spiro atoms. The van der Waals surface area contributed by atoms with Crippen LogP contribution in [0.25, 0.3) is 32.3 Å². The lowest BCUT2D eigenvalue weighted by Gasteiger charge is -2.27. The van der Waals surface area contributed by atoms with E-state index in [0.717, 1.165) is 12.8 Å². The molecule has 2 heterocycles. The van der Waals surface area contributed by atoms with Crippen LogP contribution in [0.15, 0.2) is 76.4 Å². The molecule has 4 N–H and O–H groups in total. The largest absolute Gasteiger partial charge is 0.371 e. The van der Waals surface area contributed by atoms with Gasteiger partial charge in [-0.2, -0.15) is 0 Å². The van der Waals surface area contributed by atoms with Crippen LogP contribution in [0.1, 0.15) is 32.1 Å². The van der Waals surface area contributed by atoms with E-state index in [1.165, 1.54) is 54.7 Å². The van der Waals surface area contributed by atoms with Gasteiger partial charge >= 0.3 is 5.69 Å². The fourth-order valence-corrected chi connectivity index (χ4v) is 6.06. The van der Waals surface area contributed by atoms with Gasteiger partial charge in [0.2, 0.25) is 0 Å². The van der Waals surface area contributed by atoms with Gasteiger partial charge in [0.25, 0.3) is 5.56 Å². The summed E-state index contributed by atoms with van der Waals surface area (Å²) in [6.45, 7) is 4.67. The number of nitrogens with two attached hydrogens (primary N) is 1. The lowest BCUT2D eigenvalue weighted by atomic mass is 9.92.